The molecule has 0 spiro atoms. The summed E-state index contributed by atoms with van der Waals surface area (Å²) < 4.78 is 25.6. The molecule has 1 fully saturated rings. The second-order valence-electron chi connectivity index (χ2n) is 7.58. The third-order valence-electron chi connectivity index (χ3n) is 4.95. The molecule has 0 saturated heterocycles. The second-order valence-corrected chi connectivity index (χ2v) is 9.33. The SMILES string of the molecule is CCNC(=NCc1ccccc1NS(C)(=O)=O)NCCC1CCCC(C)C1. The number of rotatable bonds is 8. The van der Waals surface area contributed by atoms with Gasteiger partial charge in [0.2, 0.25) is 10.0 Å². The molecule has 1 saturated carbocycles. The molecule has 1 aliphatic rings. The van der Waals surface area contributed by atoms with E-state index in [1.54, 1.807) is 6.07 Å². The van der Waals surface area contributed by atoms with E-state index in [0.717, 1.165) is 42.7 Å². The zero-order chi connectivity index (χ0) is 19.7. The third-order valence-corrected chi connectivity index (χ3v) is 5.55. The minimum atomic E-state index is -3.31. The number of guanidine groups is 1. The van der Waals surface area contributed by atoms with Crippen molar-refractivity contribution >= 4 is 21.7 Å². The van der Waals surface area contributed by atoms with Gasteiger partial charge in [-0.1, -0.05) is 44.4 Å². The lowest BCUT2D eigenvalue weighted by Crippen LogP contribution is -2.38. The van der Waals surface area contributed by atoms with Gasteiger partial charge >= 0.3 is 0 Å². The van der Waals surface area contributed by atoms with Crippen LogP contribution in [0, 0.1) is 11.8 Å². The maximum absolute atomic E-state index is 11.5. The van der Waals surface area contributed by atoms with Crippen LogP contribution in [0.4, 0.5) is 5.69 Å². The third kappa shape index (κ3) is 8.20. The van der Waals surface area contributed by atoms with Crippen molar-refractivity contribution in [2.75, 3.05) is 24.1 Å². The zero-order valence-electron chi connectivity index (χ0n) is 16.8. The van der Waals surface area contributed by atoms with Crippen LogP contribution >= 0.6 is 0 Å². The topological polar surface area (TPSA) is 82.6 Å². The Kier molecular flexibility index (Phi) is 8.41. The highest BCUT2D eigenvalue weighted by atomic mass is 32.2. The molecule has 0 bridgehead atoms. The van der Waals surface area contributed by atoms with Crippen molar-refractivity contribution < 1.29 is 8.42 Å². The highest BCUT2D eigenvalue weighted by molar-refractivity contribution is 7.92. The van der Waals surface area contributed by atoms with Gasteiger partial charge in [0.25, 0.3) is 0 Å². The molecule has 0 radical (unpaired) electrons. The van der Waals surface area contributed by atoms with Crippen LogP contribution in [0.2, 0.25) is 0 Å². The van der Waals surface area contributed by atoms with E-state index in [1.807, 2.05) is 25.1 Å². The van der Waals surface area contributed by atoms with Gasteiger partial charge in [0.15, 0.2) is 5.96 Å². The molecule has 1 aromatic carbocycles. The fourth-order valence-electron chi connectivity index (χ4n) is 3.68. The van der Waals surface area contributed by atoms with Gasteiger partial charge in [-0.15, -0.1) is 0 Å². The van der Waals surface area contributed by atoms with Crippen LogP contribution in [-0.2, 0) is 16.6 Å². The Morgan fingerprint density at radius 1 is 1.22 bits per heavy atom. The Morgan fingerprint density at radius 3 is 2.70 bits per heavy atom. The number of nitrogens with one attached hydrogen (secondary N) is 3. The molecule has 152 valence electrons. The van der Waals surface area contributed by atoms with Crippen molar-refractivity contribution in [3.63, 3.8) is 0 Å². The molecule has 0 amide bonds. The molecule has 27 heavy (non-hydrogen) atoms. The minimum Gasteiger partial charge on any atom is -0.357 e. The molecule has 2 rings (SSSR count). The lowest BCUT2D eigenvalue weighted by Gasteiger charge is -2.26. The number of anilines is 1. The number of sulfonamides is 1. The van der Waals surface area contributed by atoms with Gasteiger partial charge in [0.05, 0.1) is 18.5 Å². The maximum Gasteiger partial charge on any atom is 0.229 e. The summed E-state index contributed by atoms with van der Waals surface area (Å²) in [5.74, 6) is 2.43. The van der Waals surface area contributed by atoms with E-state index >= 15 is 0 Å². The summed E-state index contributed by atoms with van der Waals surface area (Å²) in [5, 5.41) is 6.69. The van der Waals surface area contributed by atoms with Crippen molar-refractivity contribution in [3.8, 4) is 0 Å². The average molecular weight is 395 g/mol. The molecule has 7 heteroatoms. The number of hydrogen-bond acceptors (Lipinski definition) is 3. The summed E-state index contributed by atoms with van der Waals surface area (Å²) in [6.45, 7) is 6.50. The largest absolute Gasteiger partial charge is 0.357 e. The Labute approximate surface area is 164 Å². The molecule has 0 heterocycles. The molecule has 1 aromatic rings. The molecular weight excluding hydrogens is 360 g/mol. The number of benzene rings is 1. The summed E-state index contributed by atoms with van der Waals surface area (Å²) in [7, 11) is -3.31. The highest BCUT2D eigenvalue weighted by Crippen LogP contribution is 2.30. The van der Waals surface area contributed by atoms with E-state index in [2.05, 4.69) is 27.3 Å². The highest BCUT2D eigenvalue weighted by Gasteiger charge is 2.18. The molecule has 1 aliphatic carbocycles. The van der Waals surface area contributed by atoms with E-state index in [0.29, 0.717) is 12.2 Å². The van der Waals surface area contributed by atoms with Gasteiger partial charge in [-0.05, 0) is 43.2 Å². The van der Waals surface area contributed by atoms with Gasteiger partial charge in [-0.3, -0.25) is 4.72 Å². The number of hydrogen-bond donors (Lipinski definition) is 3. The number of para-hydroxylation sites is 1. The van der Waals surface area contributed by atoms with Crippen molar-refractivity contribution in [2.24, 2.45) is 16.8 Å². The van der Waals surface area contributed by atoms with Crippen molar-refractivity contribution in [2.45, 2.75) is 52.5 Å². The quantitative estimate of drug-likeness (QED) is 0.466. The molecule has 2 atom stereocenters. The van der Waals surface area contributed by atoms with E-state index in [4.69, 9.17) is 0 Å². The molecule has 6 nitrogen and oxygen atoms in total. The normalized spacial score (nSPS) is 20.9. The molecular formula is C20H34N4O2S. The van der Waals surface area contributed by atoms with Gasteiger partial charge in [-0.25, -0.2) is 13.4 Å². The molecule has 2 unspecified atom stereocenters. The Balaban J connectivity index is 1.93. The van der Waals surface area contributed by atoms with Crippen LogP contribution in [0.25, 0.3) is 0 Å². The molecule has 0 aromatic heterocycles. The van der Waals surface area contributed by atoms with Crippen molar-refractivity contribution in [3.05, 3.63) is 29.8 Å². The Hall–Kier alpha value is -1.76. The van der Waals surface area contributed by atoms with Crippen LogP contribution in [0.5, 0.6) is 0 Å². The van der Waals surface area contributed by atoms with Gasteiger partial charge in [0, 0.05) is 13.1 Å². The van der Waals surface area contributed by atoms with E-state index < -0.39 is 10.0 Å². The monoisotopic (exact) mass is 394 g/mol. The van der Waals surface area contributed by atoms with Crippen LogP contribution in [-0.4, -0.2) is 33.7 Å². The summed E-state index contributed by atoms with van der Waals surface area (Å²) in [4.78, 5) is 4.63. The zero-order valence-corrected chi connectivity index (χ0v) is 17.6. The van der Waals surface area contributed by atoms with Crippen molar-refractivity contribution in [1.82, 2.24) is 10.6 Å². The summed E-state index contributed by atoms with van der Waals surface area (Å²) in [6.07, 6.45) is 7.72. The van der Waals surface area contributed by atoms with Crippen molar-refractivity contribution in [1.29, 1.82) is 0 Å². The first-order valence-corrected chi connectivity index (χ1v) is 11.8. The predicted molar refractivity (Wildman–Crippen MR) is 113 cm³/mol. The Morgan fingerprint density at radius 2 is 2.00 bits per heavy atom. The lowest BCUT2D eigenvalue weighted by molar-refractivity contribution is 0.270. The van der Waals surface area contributed by atoms with Gasteiger partial charge in [0.1, 0.15) is 0 Å². The minimum absolute atomic E-state index is 0.411. The van der Waals surface area contributed by atoms with Gasteiger partial charge < -0.3 is 10.6 Å². The average Bonchev–Trinajstić information content (AvgIpc) is 2.59. The van der Waals surface area contributed by atoms with E-state index in [9.17, 15) is 8.42 Å². The summed E-state index contributed by atoms with van der Waals surface area (Å²) >= 11 is 0. The van der Waals surface area contributed by atoms with E-state index in [1.165, 1.54) is 32.1 Å². The van der Waals surface area contributed by atoms with Crippen LogP contribution in [0.1, 0.15) is 51.5 Å². The first kappa shape index (κ1) is 21.5. The predicted octanol–water partition coefficient (Wildman–Crippen LogP) is 3.33. The fourth-order valence-corrected chi connectivity index (χ4v) is 4.28. The van der Waals surface area contributed by atoms with Crippen LogP contribution in [0.3, 0.4) is 0 Å². The molecule has 3 N–H and O–H groups in total. The maximum atomic E-state index is 11.5. The number of nitrogens with zero attached hydrogens (tertiary/aromatic N) is 1. The van der Waals surface area contributed by atoms with E-state index in [-0.39, 0.29) is 0 Å². The first-order chi connectivity index (χ1) is 12.9. The Bertz CT molecular complexity index is 718. The summed E-state index contributed by atoms with van der Waals surface area (Å²) in [6, 6.07) is 7.36. The van der Waals surface area contributed by atoms with Crippen LogP contribution < -0.4 is 15.4 Å². The first-order valence-electron chi connectivity index (χ1n) is 9.95. The van der Waals surface area contributed by atoms with Crippen LogP contribution in [0.15, 0.2) is 29.3 Å². The standard InChI is InChI=1S/C20H34N4O2S/c1-4-21-20(22-13-12-17-9-7-8-16(2)14-17)23-15-18-10-5-6-11-19(18)24-27(3,25)26/h5-6,10-11,16-17,24H,4,7-9,12-15H2,1-3H3,(H2,21,22,23). The van der Waals surface area contributed by atoms with Gasteiger partial charge in [-0.2, -0.15) is 0 Å². The second kappa shape index (κ2) is 10.5. The molecule has 0 aliphatic heterocycles. The lowest BCUT2D eigenvalue weighted by atomic mass is 9.81. The summed E-state index contributed by atoms with van der Waals surface area (Å²) in [5.41, 5.74) is 1.43. The number of aliphatic imine (C=N–C) groups is 1. The fraction of sp³-hybridized carbons (Fsp3) is 0.650. The smallest absolute Gasteiger partial charge is 0.229 e.